The zero-order chi connectivity index (χ0) is 14.4. The summed E-state index contributed by atoms with van der Waals surface area (Å²) in [7, 11) is 0. The van der Waals surface area contributed by atoms with Crippen LogP contribution in [0.2, 0.25) is 0 Å². The van der Waals surface area contributed by atoms with Gasteiger partial charge in [0, 0.05) is 17.7 Å². The summed E-state index contributed by atoms with van der Waals surface area (Å²) in [6, 6.07) is 0. The van der Waals surface area contributed by atoms with Crippen molar-refractivity contribution in [2.24, 2.45) is 11.8 Å². The third-order valence-corrected chi connectivity index (χ3v) is 4.20. The number of amides is 1. The van der Waals surface area contributed by atoms with E-state index in [-0.39, 0.29) is 11.5 Å². The molecule has 0 aromatic heterocycles. The van der Waals surface area contributed by atoms with Gasteiger partial charge in [-0.1, -0.05) is 32.6 Å². The molecule has 0 atom stereocenters. The highest BCUT2D eigenvalue weighted by molar-refractivity contribution is 6.01. The molecule has 1 aliphatic carbocycles. The molecule has 1 rings (SSSR count). The van der Waals surface area contributed by atoms with Crippen molar-refractivity contribution >= 4 is 11.9 Å². The second-order valence-corrected chi connectivity index (χ2v) is 5.73. The van der Waals surface area contributed by atoms with Gasteiger partial charge >= 0.3 is 5.97 Å². The Kier molecular flexibility index (Phi) is 6.06. The summed E-state index contributed by atoms with van der Waals surface area (Å²) in [6.45, 7) is 5.95. The van der Waals surface area contributed by atoms with Crippen molar-refractivity contribution < 1.29 is 14.7 Å². The molecule has 0 aliphatic heterocycles. The van der Waals surface area contributed by atoms with Crippen LogP contribution in [0.25, 0.3) is 0 Å². The minimum absolute atomic E-state index is 0.115. The van der Waals surface area contributed by atoms with Crippen LogP contribution in [0.1, 0.15) is 52.9 Å². The fraction of sp³-hybridized carbons (Fsp3) is 0.733. The predicted octanol–water partition coefficient (Wildman–Crippen LogP) is 2.74. The first kappa shape index (κ1) is 15.7. The van der Waals surface area contributed by atoms with Gasteiger partial charge < -0.3 is 10.4 Å². The first-order valence-corrected chi connectivity index (χ1v) is 7.10. The highest BCUT2D eigenvalue weighted by Crippen LogP contribution is 2.29. The SMILES string of the molecule is CC(C(=O)O)=C(C)C(=O)NCCC1CCC(C)CC1. The van der Waals surface area contributed by atoms with Crippen LogP contribution < -0.4 is 5.32 Å². The van der Waals surface area contributed by atoms with Crippen LogP contribution in [0.4, 0.5) is 0 Å². The van der Waals surface area contributed by atoms with Gasteiger partial charge in [0.05, 0.1) is 0 Å². The van der Waals surface area contributed by atoms with Gasteiger partial charge in [-0.15, -0.1) is 0 Å². The van der Waals surface area contributed by atoms with E-state index in [4.69, 9.17) is 5.11 Å². The Morgan fingerprint density at radius 2 is 1.68 bits per heavy atom. The Labute approximate surface area is 115 Å². The fourth-order valence-electron chi connectivity index (χ4n) is 2.47. The molecule has 1 amide bonds. The van der Waals surface area contributed by atoms with E-state index in [0.717, 1.165) is 12.3 Å². The molecule has 0 aromatic rings. The van der Waals surface area contributed by atoms with Crippen LogP contribution >= 0.6 is 0 Å². The number of aliphatic carboxylic acids is 1. The molecule has 0 saturated heterocycles. The first-order chi connectivity index (χ1) is 8.91. The monoisotopic (exact) mass is 267 g/mol. The van der Waals surface area contributed by atoms with E-state index in [1.807, 2.05) is 0 Å². The third-order valence-electron chi connectivity index (χ3n) is 4.20. The number of nitrogens with one attached hydrogen (secondary N) is 1. The van der Waals surface area contributed by atoms with Crippen molar-refractivity contribution in [3.63, 3.8) is 0 Å². The number of carboxylic acid groups (broad SMARTS) is 1. The number of hydrogen-bond donors (Lipinski definition) is 2. The Balaban J connectivity index is 2.31. The first-order valence-electron chi connectivity index (χ1n) is 7.10. The van der Waals surface area contributed by atoms with Crippen molar-refractivity contribution in [2.75, 3.05) is 6.54 Å². The molecule has 0 unspecified atom stereocenters. The molecule has 0 heterocycles. The molecule has 1 saturated carbocycles. The number of carbonyl (C=O) groups excluding carboxylic acids is 1. The molecule has 0 radical (unpaired) electrons. The molecule has 108 valence electrons. The van der Waals surface area contributed by atoms with E-state index < -0.39 is 5.97 Å². The average Bonchev–Trinajstić information content (AvgIpc) is 2.39. The molecule has 2 N–H and O–H groups in total. The summed E-state index contributed by atoms with van der Waals surface area (Å²) in [5.74, 6) is 0.258. The van der Waals surface area contributed by atoms with Crippen molar-refractivity contribution in [1.82, 2.24) is 5.32 Å². The van der Waals surface area contributed by atoms with Crippen LogP contribution in [0.3, 0.4) is 0 Å². The van der Waals surface area contributed by atoms with Gasteiger partial charge in [0.2, 0.25) is 5.91 Å². The van der Waals surface area contributed by atoms with Crippen molar-refractivity contribution in [3.8, 4) is 0 Å². The molecule has 4 heteroatoms. The van der Waals surface area contributed by atoms with Crippen molar-refractivity contribution in [2.45, 2.75) is 52.9 Å². The molecule has 19 heavy (non-hydrogen) atoms. The summed E-state index contributed by atoms with van der Waals surface area (Å²) in [5, 5.41) is 11.6. The van der Waals surface area contributed by atoms with Gasteiger partial charge in [0.25, 0.3) is 0 Å². The van der Waals surface area contributed by atoms with E-state index in [9.17, 15) is 9.59 Å². The van der Waals surface area contributed by atoms with Crippen LogP contribution in [0, 0.1) is 11.8 Å². The van der Waals surface area contributed by atoms with Gasteiger partial charge in [0.1, 0.15) is 0 Å². The Bertz CT molecular complexity index is 366. The lowest BCUT2D eigenvalue weighted by Gasteiger charge is -2.26. The lowest BCUT2D eigenvalue weighted by atomic mass is 9.81. The molecule has 0 aromatic carbocycles. The Morgan fingerprint density at radius 1 is 1.11 bits per heavy atom. The lowest BCUT2D eigenvalue weighted by Crippen LogP contribution is -2.28. The molecular weight excluding hydrogens is 242 g/mol. The Morgan fingerprint density at radius 3 is 2.21 bits per heavy atom. The van der Waals surface area contributed by atoms with Gasteiger partial charge in [0.15, 0.2) is 0 Å². The van der Waals surface area contributed by atoms with Crippen molar-refractivity contribution in [3.05, 3.63) is 11.1 Å². The van der Waals surface area contributed by atoms with E-state index in [0.29, 0.717) is 18.0 Å². The van der Waals surface area contributed by atoms with E-state index in [1.54, 1.807) is 6.92 Å². The minimum Gasteiger partial charge on any atom is -0.478 e. The van der Waals surface area contributed by atoms with Gasteiger partial charge in [-0.05, 0) is 32.1 Å². The molecule has 0 bridgehead atoms. The molecule has 1 aliphatic rings. The highest BCUT2D eigenvalue weighted by Gasteiger charge is 2.18. The number of carbonyl (C=O) groups is 2. The topological polar surface area (TPSA) is 66.4 Å². The third kappa shape index (κ3) is 5.05. The van der Waals surface area contributed by atoms with E-state index in [1.165, 1.54) is 32.6 Å². The maximum absolute atomic E-state index is 11.8. The standard InChI is InChI=1S/C15H25NO3/c1-10-4-6-13(7-5-10)8-9-16-14(17)11(2)12(3)15(18)19/h10,13H,4-9H2,1-3H3,(H,16,17)(H,18,19). The van der Waals surface area contributed by atoms with E-state index in [2.05, 4.69) is 12.2 Å². The lowest BCUT2D eigenvalue weighted by molar-refractivity contribution is -0.133. The smallest absolute Gasteiger partial charge is 0.331 e. The quantitative estimate of drug-likeness (QED) is 0.753. The summed E-state index contributed by atoms with van der Waals surface area (Å²) >= 11 is 0. The second kappa shape index (κ2) is 7.31. The summed E-state index contributed by atoms with van der Waals surface area (Å²) in [6.07, 6.45) is 6.07. The summed E-state index contributed by atoms with van der Waals surface area (Å²) < 4.78 is 0. The molecule has 1 fully saturated rings. The van der Waals surface area contributed by atoms with Gasteiger partial charge in [-0.3, -0.25) is 4.79 Å². The van der Waals surface area contributed by atoms with Crippen LogP contribution in [0.15, 0.2) is 11.1 Å². The number of rotatable bonds is 5. The molecule has 0 spiro atoms. The summed E-state index contributed by atoms with van der Waals surface area (Å²) in [4.78, 5) is 22.5. The maximum atomic E-state index is 11.8. The largest absolute Gasteiger partial charge is 0.478 e. The van der Waals surface area contributed by atoms with Gasteiger partial charge in [-0.2, -0.15) is 0 Å². The molecule has 4 nitrogen and oxygen atoms in total. The fourth-order valence-corrected chi connectivity index (χ4v) is 2.47. The zero-order valence-electron chi connectivity index (χ0n) is 12.2. The minimum atomic E-state index is -1.03. The van der Waals surface area contributed by atoms with Gasteiger partial charge in [-0.25, -0.2) is 4.79 Å². The van der Waals surface area contributed by atoms with Crippen LogP contribution in [0.5, 0.6) is 0 Å². The predicted molar refractivity (Wildman–Crippen MR) is 74.8 cm³/mol. The maximum Gasteiger partial charge on any atom is 0.331 e. The molecular formula is C15H25NO3. The normalized spacial score (nSPS) is 24.6. The van der Waals surface area contributed by atoms with Crippen LogP contribution in [-0.2, 0) is 9.59 Å². The zero-order valence-corrected chi connectivity index (χ0v) is 12.2. The average molecular weight is 267 g/mol. The van der Waals surface area contributed by atoms with Crippen molar-refractivity contribution in [1.29, 1.82) is 0 Å². The van der Waals surface area contributed by atoms with E-state index >= 15 is 0 Å². The second-order valence-electron chi connectivity index (χ2n) is 5.73. The van der Waals surface area contributed by atoms with Crippen LogP contribution in [-0.4, -0.2) is 23.5 Å². The number of carboxylic acids is 1. The number of hydrogen-bond acceptors (Lipinski definition) is 2. The Hall–Kier alpha value is -1.32. The highest BCUT2D eigenvalue weighted by atomic mass is 16.4. The summed E-state index contributed by atoms with van der Waals surface area (Å²) in [5.41, 5.74) is 0.411.